The van der Waals surface area contributed by atoms with Crippen LogP contribution < -0.4 is 0 Å². The second kappa shape index (κ2) is 4.18. The molecule has 72 valence electrons. The average molecular weight is 176 g/mol. The number of rotatable bonds is 3. The topological polar surface area (TPSA) is 47.9 Å². The Morgan fingerprint density at radius 2 is 2.08 bits per heavy atom. The lowest BCUT2D eigenvalue weighted by atomic mass is 10.1. The molecule has 1 aliphatic heterocycles. The lowest BCUT2D eigenvalue weighted by Crippen LogP contribution is -2.25. The lowest BCUT2D eigenvalue weighted by Gasteiger charge is -2.15. The first-order valence-electron chi connectivity index (χ1n) is 4.08. The van der Waals surface area contributed by atoms with E-state index in [1.54, 1.807) is 21.1 Å². The van der Waals surface area contributed by atoms with Crippen LogP contribution in [0.1, 0.15) is 13.3 Å². The third-order valence-electron chi connectivity index (χ3n) is 2.15. The SMILES string of the molecule is CO[C@H]1O[C@@H]([C@@H](C)O)C[C@@H]1OC. The van der Waals surface area contributed by atoms with Crippen LogP contribution >= 0.6 is 0 Å². The van der Waals surface area contributed by atoms with Gasteiger partial charge in [-0.15, -0.1) is 0 Å². The largest absolute Gasteiger partial charge is 0.391 e. The summed E-state index contributed by atoms with van der Waals surface area (Å²) in [6, 6.07) is 0. The maximum Gasteiger partial charge on any atom is 0.183 e. The summed E-state index contributed by atoms with van der Waals surface area (Å²) in [7, 11) is 3.19. The first kappa shape index (κ1) is 9.92. The molecule has 1 fully saturated rings. The molecule has 1 rings (SSSR count). The van der Waals surface area contributed by atoms with Crippen molar-refractivity contribution in [2.24, 2.45) is 0 Å². The zero-order valence-electron chi connectivity index (χ0n) is 7.69. The van der Waals surface area contributed by atoms with Gasteiger partial charge in [-0.2, -0.15) is 0 Å². The summed E-state index contributed by atoms with van der Waals surface area (Å²) in [5.41, 5.74) is 0. The molecule has 0 aliphatic carbocycles. The lowest BCUT2D eigenvalue weighted by molar-refractivity contribution is -0.166. The Bertz CT molecular complexity index is 125. The highest BCUT2D eigenvalue weighted by Crippen LogP contribution is 2.25. The molecule has 0 spiro atoms. The molecule has 1 saturated heterocycles. The zero-order valence-corrected chi connectivity index (χ0v) is 7.69. The van der Waals surface area contributed by atoms with Crippen molar-refractivity contribution >= 4 is 0 Å². The molecule has 4 atom stereocenters. The number of aliphatic hydroxyl groups excluding tert-OH is 1. The third kappa shape index (κ3) is 1.95. The molecule has 12 heavy (non-hydrogen) atoms. The first-order chi connectivity index (χ1) is 5.69. The number of methoxy groups -OCH3 is 2. The van der Waals surface area contributed by atoms with Gasteiger partial charge in [-0.3, -0.25) is 0 Å². The van der Waals surface area contributed by atoms with Gasteiger partial charge in [0, 0.05) is 20.6 Å². The van der Waals surface area contributed by atoms with Crippen LogP contribution in [0.2, 0.25) is 0 Å². The van der Waals surface area contributed by atoms with Crippen LogP contribution in [0.15, 0.2) is 0 Å². The molecule has 4 heteroatoms. The third-order valence-corrected chi connectivity index (χ3v) is 2.15. The molecule has 0 bridgehead atoms. The molecule has 4 nitrogen and oxygen atoms in total. The Morgan fingerprint density at radius 3 is 2.42 bits per heavy atom. The number of hydrogen-bond donors (Lipinski definition) is 1. The van der Waals surface area contributed by atoms with E-state index < -0.39 is 6.10 Å². The van der Waals surface area contributed by atoms with Gasteiger partial charge < -0.3 is 19.3 Å². The number of aliphatic hydroxyl groups is 1. The summed E-state index contributed by atoms with van der Waals surface area (Å²) in [6.45, 7) is 1.70. The van der Waals surface area contributed by atoms with Crippen molar-refractivity contribution in [1.29, 1.82) is 0 Å². The van der Waals surface area contributed by atoms with E-state index in [4.69, 9.17) is 14.2 Å². The normalized spacial score (nSPS) is 38.5. The molecule has 0 amide bonds. The summed E-state index contributed by atoms with van der Waals surface area (Å²) in [4.78, 5) is 0. The van der Waals surface area contributed by atoms with Gasteiger partial charge in [-0.25, -0.2) is 0 Å². The minimum Gasteiger partial charge on any atom is -0.391 e. The van der Waals surface area contributed by atoms with Crippen LogP contribution in [-0.2, 0) is 14.2 Å². The van der Waals surface area contributed by atoms with Gasteiger partial charge in [0.1, 0.15) is 6.10 Å². The van der Waals surface area contributed by atoms with E-state index in [1.807, 2.05) is 0 Å². The fourth-order valence-corrected chi connectivity index (χ4v) is 1.38. The molecular weight excluding hydrogens is 160 g/mol. The fraction of sp³-hybridized carbons (Fsp3) is 1.00. The van der Waals surface area contributed by atoms with Gasteiger partial charge in [0.25, 0.3) is 0 Å². The van der Waals surface area contributed by atoms with E-state index in [9.17, 15) is 5.11 Å². The van der Waals surface area contributed by atoms with Crippen molar-refractivity contribution in [3.63, 3.8) is 0 Å². The van der Waals surface area contributed by atoms with Gasteiger partial charge in [0.2, 0.25) is 0 Å². The zero-order chi connectivity index (χ0) is 9.14. The van der Waals surface area contributed by atoms with Crippen molar-refractivity contribution in [3.8, 4) is 0 Å². The summed E-state index contributed by atoms with van der Waals surface area (Å²) < 4.78 is 15.5. The monoisotopic (exact) mass is 176 g/mol. The van der Waals surface area contributed by atoms with Crippen LogP contribution in [0.5, 0.6) is 0 Å². The molecule has 1 aliphatic rings. The second-order valence-electron chi connectivity index (χ2n) is 3.03. The molecular formula is C8H16O4. The van der Waals surface area contributed by atoms with E-state index in [0.29, 0.717) is 6.42 Å². The Balaban J connectivity index is 2.47. The molecule has 1 N–H and O–H groups in total. The Morgan fingerprint density at radius 1 is 1.42 bits per heavy atom. The van der Waals surface area contributed by atoms with Crippen molar-refractivity contribution in [2.75, 3.05) is 14.2 Å². The smallest absolute Gasteiger partial charge is 0.183 e. The second-order valence-corrected chi connectivity index (χ2v) is 3.03. The summed E-state index contributed by atoms with van der Waals surface area (Å²) in [6.07, 6.45) is -0.348. The highest BCUT2D eigenvalue weighted by molar-refractivity contribution is 4.80. The molecule has 0 aromatic heterocycles. The summed E-state index contributed by atoms with van der Waals surface area (Å²) in [5, 5.41) is 9.24. The van der Waals surface area contributed by atoms with E-state index in [1.165, 1.54) is 0 Å². The van der Waals surface area contributed by atoms with Crippen molar-refractivity contribution in [1.82, 2.24) is 0 Å². The van der Waals surface area contributed by atoms with Crippen LogP contribution in [0.4, 0.5) is 0 Å². The Hall–Kier alpha value is -0.160. The van der Waals surface area contributed by atoms with E-state index >= 15 is 0 Å². The average Bonchev–Trinajstić information content (AvgIpc) is 2.46. The van der Waals surface area contributed by atoms with Gasteiger partial charge >= 0.3 is 0 Å². The highest BCUT2D eigenvalue weighted by atomic mass is 16.7. The van der Waals surface area contributed by atoms with Crippen LogP contribution in [0, 0.1) is 0 Å². The van der Waals surface area contributed by atoms with Crippen LogP contribution in [0.25, 0.3) is 0 Å². The van der Waals surface area contributed by atoms with Gasteiger partial charge in [0.05, 0.1) is 12.2 Å². The minimum atomic E-state index is -0.470. The van der Waals surface area contributed by atoms with Gasteiger partial charge in [0.15, 0.2) is 6.29 Å². The number of ether oxygens (including phenoxy) is 3. The maximum absolute atomic E-state index is 9.24. The highest BCUT2D eigenvalue weighted by Gasteiger charge is 2.37. The van der Waals surface area contributed by atoms with Gasteiger partial charge in [-0.1, -0.05) is 0 Å². The Labute approximate surface area is 72.4 Å². The standard InChI is InChI=1S/C8H16O4/c1-5(9)6-4-7(10-2)8(11-3)12-6/h5-9H,4H2,1-3H3/t5-,6-,7+,8+/m1/s1. The van der Waals surface area contributed by atoms with E-state index in [2.05, 4.69) is 0 Å². The fourth-order valence-electron chi connectivity index (χ4n) is 1.38. The first-order valence-corrected chi connectivity index (χ1v) is 4.08. The van der Waals surface area contributed by atoms with Crippen LogP contribution in [0.3, 0.4) is 0 Å². The molecule has 0 aromatic rings. The van der Waals surface area contributed by atoms with Crippen LogP contribution in [-0.4, -0.2) is 43.9 Å². The molecule has 0 aromatic carbocycles. The maximum atomic E-state index is 9.24. The molecule has 1 heterocycles. The Kier molecular flexibility index (Phi) is 3.46. The minimum absolute atomic E-state index is 0.0606. The molecule has 0 saturated carbocycles. The number of hydrogen-bond acceptors (Lipinski definition) is 4. The predicted octanol–water partition coefficient (Wildman–Crippen LogP) is 0.144. The van der Waals surface area contributed by atoms with Gasteiger partial charge in [-0.05, 0) is 6.92 Å². The molecule has 0 radical (unpaired) electrons. The quantitative estimate of drug-likeness (QED) is 0.664. The van der Waals surface area contributed by atoms with E-state index in [-0.39, 0.29) is 18.5 Å². The van der Waals surface area contributed by atoms with Crippen molar-refractivity contribution in [3.05, 3.63) is 0 Å². The van der Waals surface area contributed by atoms with Crippen molar-refractivity contribution in [2.45, 2.75) is 37.9 Å². The van der Waals surface area contributed by atoms with E-state index in [0.717, 1.165) is 0 Å². The predicted molar refractivity (Wildman–Crippen MR) is 42.8 cm³/mol. The van der Waals surface area contributed by atoms with Crippen molar-refractivity contribution < 1.29 is 19.3 Å². The summed E-state index contributed by atoms with van der Waals surface area (Å²) in [5.74, 6) is 0. The summed E-state index contributed by atoms with van der Waals surface area (Å²) >= 11 is 0. The molecule has 0 unspecified atom stereocenters.